The van der Waals surface area contributed by atoms with Gasteiger partial charge in [-0.1, -0.05) is 30.3 Å². The lowest BCUT2D eigenvalue weighted by Gasteiger charge is -2.25. The summed E-state index contributed by atoms with van der Waals surface area (Å²) in [5.74, 6) is -1.62. The lowest BCUT2D eigenvalue weighted by atomic mass is 10.0. The fraction of sp³-hybridized carbons (Fsp3) is 0.290. The third kappa shape index (κ3) is 6.12. The maximum atomic E-state index is 15.6. The SMILES string of the molecule is COC[C@@]1(F)C[C@@H](C(=O)NC(C)c2cc(C(=N)N)cs2)N(C(=O)CNC(=O)c2ccc3cc4ccccc4cc3c2)C1. The number of fused-ring (bicyclic) bond motifs is 2. The summed E-state index contributed by atoms with van der Waals surface area (Å²) in [4.78, 5) is 41.5. The monoisotopic (exact) mass is 589 g/mol. The molecule has 4 aromatic rings. The lowest BCUT2D eigenvalue weighted by Crippen LogP contribution is -2.49. The number of thiophene rings is 1. The minimum Gasteiger partial charge on any atom is -0.384 e. The van der Waals surface area contributed by atoms with Gasteiger partial charge >= 0.3 is 0 Å². The second-order valence-electron chi connectivity index (χ2n) is 10.7. The number of benzene rings is 3. The van der Waals surface area contributed by atoms with E-state index in [1.165, 1.54) is 23.3 Å². The zero-order chi connectivity index (χ0) is 30.0. The number of ether oxygens (including phenoxy) is 1. The molecule has 1 aromatic heterocycles. The largest absolute Gasteiger partial charge is 0.384 e. The highest BCUT2D eigenvalue weighted by Crippen LogP contribution is 2.32. The third-order valence-electron chi connectivity index (χ3n) is 7.50. The van der Waals surface area contributed by atoms with Gasteiger partial charge in [-0.25, -0.2) is 4.39 Å². The predicted octanol–water partition coefficient (Wildman–Crippen LogP) is 3.90. The molecule has 5 N–H and O–H groups in total. The molecule has 3 amide bonds. The molecule has 3 aromatic carbocycles. The van der Waals surface area contributed by atoms with Gasteiger partial charge in [0.25, 0.3) is 5.91 Å². The Hall–Kier alpha value is -4.35. The number of nitrogens with zero attached hydrogens (tertiary/aromatic N) is 1. The summed E-state index contributed by atoms with van der Waals surface area (Å²) in [6.45, 7) is 0.753. The number of carbonyl (C=O) groups is 3. The van der Waals surface area contributed by atoms with Crippen LogP contribution in [0, 0.1) is 5.41 Å². The minimum absolute atomic E-state index is 0.0791. The van der Waals surface area contributed by atoms with Crippen molar-refractivity contribution in [2.24, 2.45) is 5.73 Å². The quantitative estimate of drug-likeness (QED) is 0.133. The number of methoxy groups -OCH3 is 1. The number of likely N-dealkylation sites (tertiary alicyclic amines) is 1. The van der Waals surface area contributed by atoms with Crippen LogP contribution in [-0.2, 0) is 14.3 Å². The molecular weight excluding hydrogens is 557 g/mol. The zero-order valence-corrected chi connectivity index (χ0v) is 24.1. The average molecular weight is 590 g/mol. The number of carbonyl (C=O) groups excluding carboxylic acids is 3. The van der Waals surface area contributed by atoms with Crippen LogP contribution >= 0.6 is 11.3 Å². The molecule has 5 rings (SSSR count). The molecule has 1 aliphatic rings. The van der Waals surface area contributed by atoms with Crippen molar-refractivity contribution in [3.05, 3.63) is 82.0 Å². The summed E-state index contributed by atoms with van der Waals surface area (Å²) in [5, 5.41) is 18.8. The van der Waals surface area contributed by atoms with Crippen LogP contribution in [0.25, 0.3) is 21.5 Å². The van der Waals surface area contributed by atoms with Crippen LogP contribution in [0.5, 0.6) is 0 Å². The van der Waals surface area contributed by atoms with Gasteiger partial charge in [0.05, 0.1) is 25.7 Å². The van der Waals surface area contributed by atoms with Crippen molar-refractivity contribution >= 4 is 56.4 Å². The van der Waals surface area contributed by atoms with Gasteiger partial charge in [-0.05, 0) is 58.8 Å². The molecule has 1 unspecified atom stereocenters. The highest BCUT2D eigenvalue weighted by Gasteiger charge is 2.49. The minimum atomic E-state index is -1.91. The normalized spacial score (nSPS) is 19.1. The second-order valence-corrected chi connectivity index (χ2v) is 11.6. The number of hydrogen-bond donors (Lipinski definition) is 4. The second kappa shape index (κ2) is 11.9. The molecule has 42 heavy (non-hydrogen) atoms. The van der Waals surface area contributed by atoms with Crippen molar-refractivity contribution in [2.45, 2.75) is 31.1 Å². The van der Waals surface area contributed by atoms with Crippen LogP contribution in [-0.4, -0.2) is 67.0 Å². The number of nitrogen functional groups attached to an aromatic ring is 1. The summed E-state index contributed by atoms with van der Waals surface area (Å²) < 4.78 is 20.6. The molecule has 0 radical (unpaired) electrons. The Morgan fingerprint density at radius 1 is 1.10 bits per heavy atom. The van der Waals surface area contributed by atoms with Crippen molar-refractivity contribution in [3.8, 4) is 0 Å². The van der Waals surface area contributed by atoms with Crippen LogP contribution < -0.4 is 16.4 Å². The summed E-state index contributed by atoms with van der Waals surface area (Å²) in [6.07, 6.45) is -0.235. The van der Waals surface area contributed by atoms with Crippen LogP contribution in [0.15, 0.2) is 66.0 Å². The maximum Gasteiger partial charge on any atom is 0.251 e. The van der Waals surface area contributed by atoms with E-state index in [2.05, 4.69) is 16.7 Å². The van der Waals surface area contributed by atoms with Crippen molar-refractivity contribution in [3.63, 3.8) is 0 Å². The maximum absolute atomic E-state index is 15.6. The Bertz CT molecular complexity index is 1690. The van der Waals surface area contributed by atoms with Crippen LogP contribution in [0.4, 0.5) is 4.39 Å². The highest BCUT2D eigenvalue weighted by molar-refractivity contribution is 7.10. The van der Waals surface area contributed by atoms with Crippen molar-refractivity contribution in [1.29, 1.82) is 5.41 Å². The number of nitrogens with one attached hydrogen (secondary N) is 3. The molecular formula is C31H32FN5O4S. The van der Waals surface area contributed by atoms with Gasteiger partial charge in [0, 0.05) is 34.9 Å². The van der Waals surface area contributed by atoms with Gasteiger partial charge < -0.3 is 26.0 Å². The van der Waals surface area contributed by atoms with Gasteiger partial charge in [0.2, 0.25) is 11.8 Å². The van der Waals surface area contributed by atoms with Crippen LogP contribution in [0.2, 0.25) is 0 Å². The first kappa shape index (κ1) is 29.2. The fourth-order valence-electron chi connectivity index (χ4n) is 5.34. The molecule has 1 aliphatic heterocycles. The molecule has 218 valence electrons. The molecule has 1 fully saturated rings. The topological polar surface area (TPSA) is 138 Å². The number of hydrogen-bond acceptors (Lipinski definition) is 6. The summed E-state index contributed by atoms with van der Waals surface area (Å²) in [7, 11) is 1.36. The molecule has 0 spiro atoms. The molecule has 0 aliphatic carbocycles. The first-order valence-electron chi connectivity index (χ1n) is 13.5. The van der Waals surface area contributed by atoms with E-state index in [0.717, 1.165) is 26.4 Å². The number of alkyl halides is 1. The molecule has 1 saturated heterocycles. The van der Waals surface area contributed by atoms with Gasteiger partial charge in [-0.3, -0.25) is 19.8 Å². The van der Waals surface area contributed by atoms with E-state index in [9.17, 15) is 14.4 Å². The van der Waals surface area contributed by atoms with Gasteiger partial charge in [-0.2, -0.15) is 0 Å². The third-order valence-corrected chi connectivity index (χ3v) is 8.61. The fourth-order valence-corrected chi connectivity index (χ4v) is 6.25. The lowest BCUT2D eigenvalue weighted by molar-refractivity contribution is -0.138. The Kier molecular flexibility index (Phi) is 8.24. The first-order valence-corrected chi connectivity index (χ1v) is 14.4. The zero-order valence-electron chi connectivity index (χ0n) is 23.3. The highest BCUT2D eigenvalue weighted by atomic mass is 32.1. The van der Waals surface area contributed by atoms with Gasteiger partial charge in [-0.15, -0.1) is 11.3 Å². The average Bonchev–Trinajstić information content (AvgIpc) is 3.60. The predicted molar refractivity (Wildman–Crippen MR) is 162 cm³/mol. The van der Waals surface area contributed by atoms with E-state index in [0.29, 0.717) is 11.1 Å². The molecule has 9 nitrogen and oxygen atoms in total. The van der Waals surface area contributed by atoms with Gasteiger partial charge in [0.15, 0.2) is 5.67 Å². The Labute approximate surface area is 246 Å². The van der Waals surface area contributed by atoms with E-state index in [1.807, 2.05) is 36.4 Å². The summed E-state index contributed by atoms with van der Waals surface area (Å²) >= 11 is 1.34. The number of halogens is 1. The number of amides is 3. The van der Waals surface area contributed by atoms with Crippen molar-refractivity contribution in [1.82, 2.24) is 15.5 Å². The van der Waals surface area contributed by atoms with Crippen LogP contribution in [0.1, 0.15) is 40.2 Å². The summed E-state index contributed by atoms with van der Waals surface area (Å²) in [5.41, 5.74) is 4.57. The molecule has 0 saturated carbocycles. The van der Waals surface area contributed by atoms with E-state index in [-0.39, 0.29) is 25.4 Å². The standard InChI is InChI=1S/C31H32FN5O4S/c1-18(26-12-24(15-42-26)28(33)34)36-30(40)25-13-31(32,17-41-2)16-37(25)27(38)14-35-29(39)22-8-7-21-9-19-5-3-4-6-20(19)10-23(21)11-22/h3-12,15,18,25H,13-14,16-17H2,1-2H3,(H3,33,34)(H,35,39)(H,36,40)/t18?,25-,31+/m0/s1. The van der Waals surface area contributed by atoms with E-state index >= 15 is 4.39 Å². The molecule has 0 bridgehead atoms. The number of nitrogens with two attached hydrogens (primary N) is 1. The van der Waals surface area contributed by atoms with Crippen LogP contribution in [0.3, 0.4) is 0 Å². The van der Waals surface area contributed by atoms with E-state index < -0.39 is 42.0 Å². The molecule has 11 heteroatoms. The smallest absolute Gasteiger partial charge is 0.251 e. The Balaban J connectivity index is 1.27. The summed E-state index contributed by atoms with van der Waals surface area (Å²) in [6, 6.07) is 17.5. The number of amidine groups is 1. The Morgan fingerprint density at radius 3 is 2.45 bits per heavy atom. The van der Waals surface area contributed by atoms with E-state index in [1.54, 1.807) is 30.5 Å². The Morgan fingerprint density at radius 2 is 1.79 bits per heavy atom. The van der Waals surface area contributed by atoms with E-state index in [4.69, 9.17) is 15.9 Å². The number of rotatable bonds is 9. The van der Waals surface area contributed by atoms with Gasteiger partial charge in [0.1, 0.15) is 11.9 Å². The van der Waals surface area contributed by atoms with Crippen molar-refractivity contribution in [2.75, 3.05) is 26.8 Å². The van der Waals surface area contributed by atoms with Crippen molar-refractivity contribution < 1.29 is 23.5 Å². The molecule has 2 heterocycles. The first-order chi connectivity index (χ1) is 20.1. The molecule has 3 atom stereocenters.